The van der Waals surface area contributed by atoms with E-state index in [1.165, 1.54) is 11.5 Å². The molecule has 4 nitrogen and oxygen atoms in total. The number of rotatable bonds is 5. The van der Waals surface area contributed by atoms with Crippen LogP contribution in [0.3, 0.4) is 0 Å². The minimum absolute atomic E-state index is 0. The van der Waals surface area contributed by atoms with Crippen LogP contribution in [0, 0.1) is 0 Å². The molecule has 2 unspecified atom stereocenters. The van der Waals surface area contributed by atoms with Crippen LogP contribution in [-0.2, 0) is 9.53 Å². The molecule has 0 saturated carbocycles. The number of carbonyl (C=O) groups excluding carboxylic acids is 1. The van der Waals surface area contributed by atoms with Crippen molar-refractivity contribution in [1.29, 1.82) is 0 Å². The standard InChI is InChI=1S/C9H18N2O2S2.ClH/c1-13-5-8(10)9(12)11-4-7-6-14-2-3-15-7;/h7-8H,2-6,10H2,1H3,(H,11,12);1H. The Labute approximate surface area is 111 Å². The van der Waals surface area contributed by atoms with Crippen molar-refractivity contribution in [1.82, 2.24) is 5.32 Å². The number of methoxy groups -OCH3 is 1. The first-order valence-corrected chi connectivity index (χ1v) is 7.16. The molecule has 16 heavy (non-hydrogen) atoms. The summed E-state index contributed by atoms with van der Waals surface area (Å²) in [5.74, 6) is 3.39. The summed E-state index contributed by atoms with van der Waals surface area (Å²) in [6.45, 7) is 0.992. The molecule has 1 rings (SSSR count). The first-order chi connectivity index (χ1) is 7.24. The van der Waals surface area contributed by atoms with Crippen LogP contribution >= 0.6 is 35.9 Å². The molecule has 96 valence electrons. The van der Waals surface area contributed by atoms with Gasteiger partial charge in [0.25, 0.3) is 0 Å². The van der Waals surface area contributed by atoms with Crippen molar-refractivity contribution in [2.24, 2.45) is 5.73 Å². The van der Waals surface area contributed by atoms with Crippen LogP contribution in [0.15, 0.2) is 0 Å². The average molecular weight is 287 g/mol. The molecule has 0 aliphatic carbocycles. The first kappa shape index (κ1) is 16.4. The maximum Gasteiger partial charge on any atom is 0.239 e. The molecule has 0 spiro atoms. The van der Waals surface area contributed by atoms with Gasteiger partial charge in [0.1, 0.15) is 6.04 Å². The SMILES string of the molecule is COCC(N)C(=O)NCC1CSCCS1.Cl. The molecule has 1 aliphatic heterocycles. The molecule has 3 N–H and O–H groups in total. The van der Waals surface area contributed by atoms with Gasteiger partial charge in [-0.05, 0) is 0 Å². The molecule has 1 amide bonds. The van der Waals surface area contributed by atoms with Crippen molar-refractivity contribution in [3.63, 3.8) is 0 Å². The van der Waals surface area contributed by atoms with Crippen LogP contribution in [0.5, 0.6) is 0 Å². The predicted molar refractivity (Wildman–Crippen MR) is 73.7 cm³/mol. The molecule has 1 saturated heterocycles. The molecule has 0 aromatic carbocycles. The second-order valence-corrected chi connectivity index (χ2v) is 5.93. The van der Waals surface area contributed by atoms with Gasteiger partial charge >= 0.3 is 0 Å². The Balaban J connectivity index is 0.00000225. The molecule has 0 bridgehead atoms. The summed E-state index contributed by atoms with van der Waals surface area (Å²) >= 11 is 3.87. The van der Waals surface area contributed by atoms with E-state index in [1.807, 2.05) is 23.5 Å². The van der Waals surface area contributed by atoms with Gasteiger partial charge in [0.2, 0.25) is 5.91 Å². The fourth-order valence-electron chi connectivity index (χ4n) is 1.26. The molecule has 1 fully saturated rings. The lowest BCUT2D eigenvalue weighted by Crippen LogP contribution is -2.45. The number of thioether (sulfide) groups is 2. The van der Waals surface area contributed by atoms with Crippen LogP contribution in [-0.4, -0.2) is 54.7 Å². The third kappa shape index (κ3) is 6.20. The zero-order valence-corrected chi connectivity index (χ0v) is 11.8. The smallest absolute Gasteiger partial charge is 0.239 e. The van der Waals surface area contributed by atoms with Gasteiger partial charge in [-0.3, -0.25) is 4.79 Å². The molecule has 1 heterocycles. The lowest BCUT2D eigenvalue weighted by atomic mass is 10.3. The number of carbonyl (C=O) groups is 1. The number of halogens is 1. The highest BCUT2D eigenvalue weighted by Gasteiger charge is 2.17. The molecule has 0 aromatic heterocycles. The second-order valence-electron chi connectivity index (χ2n) is 3.37. The van der Waals surface area contributed by atoms with Crippen LogP contribution in [0.2, 0.25) is 0 Å². The number of hydrogen-bond acceptors (Lipinski definition) is 5. The molecule has 7 heteroatoms. The van der Waals surface area contributed by atoms with Gasteiger partial charge in [0, 0.05) is 36.2 Å². The highest BCUT2D eigenvalue weighted by molar-refractivity contribution is 8.06. The summed E-state index contributed by atoms with van der Waals surface area (Å²) in [6.07, 6.45) is 0. The highest BCUT2D eigenvalue weighted by atomic mass is 35.5. The van der Waals surface area contributed by atoms with Crippen molar-refractivity contribution >= 4 is 41.8 Å². The van der Waals surface area contributed by atoms with Gasteiger partial charge < -0.3 is 15.8 Å². The summed E-state index contributed by atoms with van der Waals surface area (Å²) in [7, 11) is 1.54. The molecule has 0 aromatic rings. The van der Waals surface area contributed by atoms with Gasteiger partial charge in [-0.25, -0.2) is 0 Å². The van der Waals surface area contributed by atoms with Crippen LogP contribution in [0.4, 0.5) is 0 Å². The van der Waals surface area contributed by atoms with Crippen molar-refractivity contribution < 1.29 is 9.53 Å². The van der Waals surface area contributed by atoms with E-state index in [2.05, 4.69) is 5.32 Å². The van der Waals surface area contributed by atoms with Crippen molar-refractivity contribution in [3.05, 3.63) is 0 Å². The predicted octanol–water partition coefficient (Wildman–Crippen LogP) is 0.347. The minimum atomic E-state index is -0.545. The maximum atomic E-state index is 11.4. The zero-order chi connectivity index (χ0) is 11.1. The van der Waals surface area contributed by atoms with Gasteiger partial charge in [-0.15, -0.1) is 12.4 Å². The highest BCUT2D eigenvalue weighted by Crippen LogP contribution is 2.23. The Kier molecular flexibility index (Phi) is 9.64. The Bertz CT molecular complexity index is 204. The molecule has 2 atom stereocenters. The lowest BCUT2D eigenvalue weighted by Gasteiger charge is -2.21. The van der Waals surface area contributed by atoms with Crippen LogP contribution in [0.1, 0.15) is 0 Å². The third-order valence-electron chi connectivity index (χ3n) is 2.07. The van der Waals surface area contributed by atoms with E-state index in [0.717, 1.165) is 5.75 Å². The number of nitrogens with two attached hydrogens (primary N) is 1. The van der Waals surface area contributed by atoms with Crippen LogP contribution < -0.4 is 11.1 Å². The Hall–Kier alpha value is 0.380. The largest absolute Gasteiger partial charge is 0.383 e. The van der Waals surface area contributed by atoms with Crippen molar-refractivity contribution in [2.75, 3.05) is 37.5 Å². The molecule has 1 aliphatic rings. The normalized spacial score (nSPS) is 22.0. The van der Waals surface area contributed by atoms with Crippen molar-refractivity contribution in [2.45, 2.75) is 11.3 Å². The van der Waals surface area contributed by atoms with Crippen molar-refractivity contribution in [3.8, 4) is 0 Å². The van der Waals surface area contributed by atoms with E-state index in [-0.39, 0.29) is 24.9 Å². The topological polar surface area (TPSA) is 64.3 Å². The Morgan fingerprint density at radius 3 is 2.94 bits per heavy atom. The third-order valence-corrected chi connectivity index (χ3v) is 4.92. The van der Waals surface area contributed by atoms with E-state index in [1.54, 1.807) is 7.11 Å². The average Bonchev–Trinajstić information content (AvgIpc) is 2.27. The fourth-order valence-corrected chi connectivity index (χ4v) is 3.87. The maximum absolute atomic E-state index is 11.4. The minimum Gasteiger partial charge on any atom is -0.383 e. The number of hydrogen-bond donors (Lipinski definition) is 2. The van der Waals surface area contributed by atoms with Gasteiger partial charge in [0.15, 0.2) is 0 Å². The first-order valence-electron chi connectivity index (χ1n) is 4.95. The van der Waals surface area contributed by atoms with E-state index < -0.39 is 6.04 Å². The fraction of sp³-hybridized carbons (Fsp3) is 0.889. The summed E-state index contributed by atoms with van der Waals surface area (Å²) in [5.41, 5.74) is 5.59. The van der Waals surface area contributed by atoms with Gasteiger partial charge in [0.05, 0.1) is 6.61 Å². The van der Waals surface area contributed by atoms with E-state index in [4.69, 9.17) is 10.5 Å². The summed E-state index contributed by atoms with van der Waals surface area (Å²) in [6, 6.07) is -0.545. The second kappa shape index (κ2) is 9.41. The summed E-state index contributed by atoms with van der Waals surface area (Å²) < 4.78 is 4.82. The van der Waals surface area contributed by atoms with E-state index in [9.17, 15) is 4.79 Å². The lowest BCUT2D eigenvalue weighted by molar-refractivity contribution is -0.123. The number of ether oxygens (including phenoxy) is 1. The van der Waals surface area contributed by atoms with Gasteiger partial charge in [-0.2, -0.15) is 23.5 Å². The van der Waals surface area contributed by atoms with E-state index >= 15 is 0 Å². The Morgan fingerprint density at radius 2 is 2.38 bits per heavy atom. The molecular weight excluding hydrogens is 268 g/mol. The quantitative estimate of drug-likeness (QED) is 0.763. The summed E-state index contributed by atoms with van der Waals surface area (Å²) in [5, 5.41) is 3.39. The monoisotopic (exact) mass is 286 g/mol. The van der Waals surface area contributed by atoms with Gasteiger partial charge in [-0.1, -0.05) is 0 Å². The molecule has 0 radical (unpaired) electrons. The number of amides is 1. The zero-order valence-electron chi connectivity index (χ0n) is 9.31. The van der Waals surface area contributed by atoms with E-state index in [0.29, 0.717) is 11.8 Å². The summed E-state index contributed by atoms with van der Waals surface area (Å²) in [4.78, 5) is 11.4. The molecular formula is C9H19ClN2O2S2. The Morgan fingerprint density at radius 1 is 1.62 bits per heavy atom. The number of nitrogens with one attached hydrogen (secondary N) is 1. The van der Waals surface area contributed by atoms with Crippen LogP contribution in [0.25, 0.3) is 0 Å².